The summed E-state index contributed by atoms with van der Waals surface area (Å²) in [7, 11) is 0. The fourth-order valence-electron chi connectivity index (χ4n) is 3.12. The van der Waals surface area contributed by atoms with E-state index in [4.69, 9.17) is 15.2 Å². The monoisotopic (exact) mass is 430 g/mol. The number of benzene rings is 1. The summed E-state index contributed by atoms with van der Waals surface area (Å²) >= 11 is 1.31. The summed E-state index contributed by atoms with van der Waals surface area (Å²) in [5, 5.41) is 3.09. The van der Waals surface area contributed by atoms with Crippen LogP contribution >= 0.6 is 11.8 Å². The van der Waals surface area contributed by atoms with Gasteiger partial charge in [0.1, 0.15) is 5.82 Å². The Hall–Kier alpha value is -3.27. The van der Waals surface area contributed by atoms with E-state index in [2.05, 4.69) is 21.9 Å². The van der Waals surface area contributed by atoms with Gasteiger partial charge in [0, 0.05) is 18.1 Å². The average Bonchev–Trinajstić information content (AvgIpc) is 2.70. The number of aromatic amines is 1. The van der Waals surface area contributed by atoms with Crippen LogP contribution in [-0.4, -0.2) is 40.7 Å². The van der Waals surface area contributed by atoms with Gasteiger partial charge < -0.3 is 25.5 Å². The molecule has 0 fully saturated rings. The molecule has 1 atom stereocenters. The van der Waals surface area contributed by atoms with Gasteiger partial charge in [-0.3, -0.25) is 14.4 Å². The average molecular weight is 430 g/mol. The van der Waals surface area contributed by atoms with Crippen molar-refractivity contribution in [1.82, 2.24) is 9.97 Å². The van der Waals surface area contributed by atoms with Crippen LogP contribution in [0.4, 0.5) is 5.82 Å². The largest absolute Gasteiger partial charge is 0.490 e. The lowest BCUT2D eigenvalue weighted by Crippen LogP contribution is -2.31. The Morgan fingerprint density at radius 2 is 2.17 bits per heavy atom. The molecule has 158 valence electrons. The molecular formula is C20H22N4O5S. The Balaban J connectivity index is 2.01. The smallest absolute Gasteiger partial charge is 0.257 e. The van der Waals surface area contributed by atoms with E-state index in [1.165, 1.54) is 11.8 Å². The number of H-pyrrole nitrogens is 1. The van der Waals surface area contributed by atoms with Gasteiger partial charge in [0.25, 0.3) is 11.5 Å². The van der Waals surface area contributed by atoms with E-state index < -0.39 is 11.8 Å². The second-order valence-corrected chi connectivity index (χ2v) is 7.44. The van der Waals surface area contributed by atoms with Gasteiger partial charge in [0.15, 0.2) is 23.3 Å². The van der Waals surface area contributed by atoms with Gasteiger partial charge in [-0.15, -0.1) is 6.58 Å². The van der Waals surface area contributed by atoms with Gasteiger partial charge in [0.05, 0.1) is 12.2 Å². The van der Waals surface area contributed by atoms with Crippen LogP contribution in [0.5, 0.6) is 11.5 Å². The van der Waals surface area contributed by atoms with Crippen molar-refractivity contribution in [2.45, 2.75) is 24.4 Å². The Bertz CT molecular complexity index is 1040. The first-order valence-corrected chi connectivity index (χ1v) is 10.3. The quantitative estimate of drug-likeness (QED) is 0.313. The first-order chi connectivity index (χ1) is 14.4. The zero-order valence-corrected chi connectivity index (χ0v) is 17.2. The van der Waals surface area contributed by atoms with Gasteiger partial charge >= 0.3 is 0 Å². The summed E-state index contributed by atoms with van der Waals surface area (Å²) in [6.45, 7) is 5.53. The maximum Gasteiger partial charge on any atom is 0.257 e. The number of nitrogens with one attached hydrogen (secondary N) is 2. The molecule has 1 aliphatic rings. The summed E-state index contributed by atoms with van der Waals surface area (Å²) in [6, 6.07) is 5.06. The van der Waals surface area contributed by atoms with E-state index in [1.54, 1.807) is 24.3 Å². The highest BCUT2D eigenvalue weighted by Crippen LogP contribution is 2.38. The van der Waals surface area contributed by atoms with E-state index >= 15 is 0 Å². The molecule has 2 heterocycles. The van der Waals surface area contributed by atoms with E-state index in [9.17, 15) is 14.4 Å². The van der Waals surface area contributed by atoms with Crippen LogP contribution in [0.15, 0.2) is 40.8 Å². The molecule has 1 aromatic heterocycles. The van der Waals surface area contributed by atoms with Gasteiger partial charge in [-0.2, -0.15) is 0 Å². The summed E-state index contributed by atoms with van der Waals surface area (Å²) in [5.41, 5.74) is 5.90. The molecule has 2 amide bonds. The van der Waals surface area contributed by atoms with Crippen molar-refractivity contribution in [3.05, 3.63) is 52.3 Å². The van der Waals surface area contributed by atoms with Crippen molar-refractivity contribution >= 4 is 29.4 Å². The zero-order chi connectivity index (χ0) is 21.7. The van der Waals surface area contributed by atoms with Crippen LogP contribution in [0, 0.1) is 0 Å². The van der Waals surface area contributed by atoms with Gasteiger partial charge in [-0.05, 0) is 24.6 Å². The van der Waals surface area contributed by atoms with Crippen molar-refractivity contribution in [1.29, 1.82) is 0 Å². The number of fused-ring (bicyclic) bond motifs is 1. The molecule has 10 heteroatoms. The molecule has 3 rings (SSSR count). The SMILES string of the molecule is C=CCSc1nc2c(c(=O)[nH]1)[C@@H](c1ccc(OCC(N)=O)c(OCC)c1)CC(=O)N2. The fraction of sp³-hybridized carbons (Fsp3) is 0.300. The standard InChI is InChI=1S/C20H22N4O5S/c1-3-7-30-20-23-18-17(19(27)24-20)12(9-16(26)22-18)11-5-6-13(29-10-15(21)25)14(8-11)28-4-2/h3,5-6,8,12H,1,4,7,9-10H2,2H3,(H2,21,25)(H2,22,23,24,26,27)/t12-/m1/s1. The molecule has 0 saturated carbocycles. The molecule has 0 aliphatic carbocycles. The second-order valence-electron chi connectivity index (χ2n) is 6.43. The van der Waals surface area contributed by atoms with Gasteiger partial charge in [0.2, 0.25) is 5.91 Å². The van der Waals surface area contributed by atoms with Crippen molar-refractivity contribution in [2.24, 2.45) is 5.73 Å². The summed E-state index contributed by atoms with van der Waals surface area (Å²) in [5.74, 6) is 0.212. The highest BCUT2D eigenvalue weighted by atomic mass is 32.2. The first kappa shape index (κ1) is 21.4. The molecule has 0 unspecified atom stereocenters. The molecule has 0 radical (unpaired) electrons. The number of amides is 2. The maximum atomic E-state index is 12.8. The third-order valence-corrected chi connectivity index (χ3v) is 5.18. The van der Waals surface area contributed by atoms with Crippen LogP contribution in [0.2, 0.25) is 0 Å². The Labute approximate surface area is 177 Å². The van der Waals surface area contributed by atoms with Crippen LogP contribution in [-0.2, 0) is 9.59 Å². The number of nitrogens with two attached hydrogens (primary N) is 1. The molecular weight excluding hydrogens is 408 g/mol. The first-order valence-electron chi connectivity index (χ1n) is 9.28. The third-order valence-electron chi connectivity index (χ3n) is 4.31. The van der Waals surface area contributed by atoms with E-state index in [0.717, 1.165) is 0 Å². The highest BCUT2D eigenvalue weighted by molar-refractivity contribution is 7.99. The number of ether oxygens (including phenoxy) is 2. The summed E-state index contributed by atoms with van der Waals surface area (Å²) < 4.78 is 11.0. The van der Waals surface area contributed by atoms with Crippen LogP contribution in [0.25, 0.3) is 0 Å². The van der Waals surface area contributed by atoms with Crippen LogP contribution in [0.3, 0.4) is 0 Å². The van der Waals surface area contributed by atoms with Crippen LogP contribution < -0.4 is 26.1 Å². The minimum absolute atomic E-state index is 0.0873. The molecule has 1 aliphatic heterocycles. The van der Waals surface area contributed by atoms with Crippen molar-refractivity contribution in [3.8, 4) is 11.5 Å². The molecule has 0 saturated heterocycles. The molecule has 1 aromatic carbocycles. The lowest BCUT2D eigenvalue weighted by atomic mass is 9.86. The predicted molar refractivity (Wildman–Crippen MR) is 113 cm³/mol. The normalized spacial score (nSPS) is 15.1. The maximum absolute atomic E-state index is 12.8. The molecule has 9 nitrogen and oxygen atoms in total. The van der Waals surface area contributed by atoms with Crippen LogP contribution in [0.1, 0.15) is 30.4 Å². The minimum atomic E-state index is -0.609. The predicted octanol–water partition coefficient (Wildman–Crippen LogP) is 1.78. The summed E-state index contributed by atoms with van der Waals surface area (Å²) in [4.78, 5) is 43.3. The molecule has 30 heavy (non-hydrogen) atoms. The molecule has 4 N–H and O–H groups in total. The molecule has 2 aromatic rings. The lowest BCUT2D eigenvalue weighted by molar-refractivity contribution is -0.120. The lowest BCUT2D eigenvalue weighted by Gasteiger charge is -2.25. The molecule has 0 bridgehead atoms. The Morgan fingerprint density at radius 3 is 2.87 bits per heavy atom. The van der Waals surface area contributed by atoms with Crippen molar-refractivity contribution in [3.63, 3.8) is 0 Å². The fourth-order valence-corrected chi connectivity index (χ4v) is 3.72. The number of nitrogens with zero attached hydrogens (tertiary/aromatic N) is 1. The second kappa shape index (κ2) is 9.49. The van der Waals surface area contributed by atoms with Crippen molar-refractivity contribution < 1.29 is 19.1 Å². The number of carbonyl (C=O) groups excluding carboxylic acids is 2. The number of anilines is 1. The topological polar surface area (TPSA) is 136 Å². The van der Waals surface area contributed by atoms with E-state index in [0.29, 0.717) is 40.1 Å². The zero-order valence-electron chi connectivity index (χ0n) is 16.4. The number of hydrogen-bond acceptors (Lipinski definition) is 7. The summed E-state index contributed by atoms with van der Waals surface area (Å²) in [6.07, 6.45) is 1.78. The molecule has 0 spiro atoms. The third kappa shape index (κ3) is 4.82. The number of carbonyl (C=O) groups is 2. The van der Waals surface area contributed by atoms with E-state index in [1.807, 2.05) is 6.92 Å². The number of aromatic nitrogens is 2. The Kier molecular flexibility index (Phi) is 6.78. The van der Waals surface area contributed by atoms with Gasteiger partial charge in [-0.25, -0.2) is 4.98 Å². The highest BCUT2D eigenvalue weighted by Gasteiger charge is 2.31. The number of rotatable bonds is 9. The number of primary amides is 1. The van der Waals surface area contributed by atoms with Crippen molar-refractivity contribution in [2.75, 3.05) is 24.3 Å². The minimum Gasteiger partial charge on any atom is -0.490 e. The number of hydrogen-bond donors (Lipinski definition) is 3. The van der Waals surface area contributed by atoms with Gasteiger partial charge in [-0.1, -0.05) is 23.9 Å². The Morgan fingerprint density at radius 1 is 1.37 bits per heavy atom. The number of thioether (sulfide) groups is 1. The van der Waals surface area contributed by atoms with E-state index in [-0.39, 0.29) is 30.3 Å².